The summed E-state index contributed by atoms with van der Waals surface area (Å²) >= 11 is 0. The van der Waals surface area contributed by atoms with Gasteiger partial charge in [-0.15, -0.1) is 0 Å². The molecule has 0 atom stereocenters. The van der Waals surface area contributed by atoms with Gasteiger partial charge >= 0.3 is 0 Å². The van der Waals surface area contributed by atoms with Gasteiger partial charge in [0.2, 0.25) is 0 Å². The van der Waals surface area contributed by atoms with Crippen molar-refractivity contribution in [2.24, 2.45) is 10.9 Å². The molecule has 6 heteroatoms. The molecule has 0 saturated heterocycles. The molecule has 1 aliphatic carbocycles. The van der Waals surface area contributed by atoms with Crippen molar-refractivity contribution in [3.63, 3.8) is 0 Å². The average molecular weight is 300 g/mol. The van der Waals surface area contributed by atoms with Crippen LogP contribution < -0.4 is 10.6 Å². The number of likely N-dealkylation sites (N-methyl/N-ethyl adjacent to an activating group) is 1. The average Bonchev–Trinajstić information content (AvgIpc) is 3.29. The molecular weight excluding hydrogens is 268 g/mol. The Kier molecular flexibility index (Phi) is 10.2. The van der Waals surface area contributed by atoms with Crippen LogP contribution in [0.25, 0.3) is 0 Å². The van der Waals surface area contributed by atoms with Crippen molar-refractivity contribution >= 4 is 5.96 Å². The SMILES string of the molecule is CN=C(NCCOCC1CC1)NCCN(C)CCCOC. The van der Waals surface area contributed by atoms with E-state index < -0.39 is 0 Å². The first-order valence-corrected chi connectivity index (χ1v) is 7.96. The molecule has 1 saturated carbocycles. The summed E-state index contributed by atoms with van der Waals surface area (Å²) in [6.45, 7) is 6.21. The molecule has 0 bridgehead atoms. The third kappa shape index (κ3) is 10.5. The second kappa shape index (κ2) is 11.8. The summed E-state index contributed by atoms with van der Waals surface area (Å²) < 4.78 is 10.6. The third-order valence-corrected chi connectivity index (χ3v) is 3.49. The molecule has 1 aliphatic rings. The van der Waals surface area contributed by atoms with Gasteiger partial charge in [0.15, 0.2) is 5.96 Å². The standard InChI is InChI=1S/C15H32N4O2/c1-16-15(18-8-12-21-13-14-5-6-14)17-7-10-19(2)9-4-11-20-3/h14H,4-13H2,1-3H3,(H2,16,17,18). The second-order valence-corrected chi connectivity index (χ2v) is 5.59. The Morgan fingerprint density at radius 1 is 1.19 bits per heavy atom. The van der Waals surface area contributed by atoms with Crippen LogP contribution in [-0.4, -0.2) is 78.1 Å². The Balaban J connectivity index is 1.94. The Labute approximate surface area is 129 Å². The highest BCUT2D eigenvalue weighted by Crippen LogP contribution is 2.28. The highest BCUT2D eigenvalue weighted by molar-refractivity contribution is 5.79. The van der Waals surface area contributed by atoms with Gasteiger partial charge in [0.1, 0.15) is 0 Å². The maximum atomic E-state index is 5.58. The van der Waals surface area contributed by atoms with Crippen molar-refractivity contribution in [2.75, 3.05) is 67.2 Å². The number of hydrogen-bond acceptors (Lipinski definition) is 4. The van der Waals surface area contributed by atoms with Gasteiger partial charge in [-0.3, -0.25) is 4.99 Å². The topological polar surface area (TPSA) is 58.1 Å². The molecule has 6 nitrogen and oxygen atoms in total. The van der Waals surface area contributed by atoms with E-state index in [4.69, 9.17) is 9.47 Å². The first-order chi connectivity index (χ1) is 10.3. The highest BCUT2D eigenvalue weighted by Gasteiger charge is 2.20. The number of hydrogen-bond donors (Lipinski definition) is 2. The summed E-state index contributed by atoms with van der Waals surface area (Å²) in [7, 11) is 5.66. The number of aliphatic imine (C=N–C) groups is 1. The van der Waals surface area contributed by atoms with Crippen molar-refractivity contribution in [1.82, 2.24) is 15.5 Å². The Bertz CT molecular complexity index is 283. The second-order valence-electron chi connectivity index (χ2n) is 5.59. The fourth-order valence-electron chi connectivity index (χ4n) is 1.95. The fraction of sp³-hybridized carbons (Fsp3) is 0.933. The van der Waals surface area contributed by atoms with Crippen LogP contribution in [0, 0.1) is 5.92 Å². The number of guanidine groups is 1. The van der Waals surface area contributed by atoms with E-state index in [0.29, 0.717) is 0 Å². The predicted molar refractivity (Wildman–Crippen MR) is 86.9 cm³/mol. The van der Waals surface area contributed by atoms with E-state index in [-0.39, 0.29) is 0 Å². The van der Waals surface area contributed by atoms with Crippen molar-refractivity contribution < 1.29 is 9.47 Å². The molecule has 1 rings (SSSR count). The minimum atomic E-state index is 0.744. The molecule has 0 aliphatic heterocycles. The molecular formula is C15H32N4O2. The molecule has 0 aromatic heterocycles. The Morgan fingerprint density at radius 3 is 2.62 bits per heavy atom. The number of nitrogens with zero attached hydrogens (tertiary/aromatic N) is 2. The number of methoxy groups -OCH3 is 1. The zero-order valence-corrected chi connectivity index (χ0v) is 13.9. The van der Waals surface area contributed by atoms with E-state index in [0.717, 1.165) is 64.3 Å². The van der Waals surface area contributed by atoms with Gasteiger partial charge in [0.05, 0.1) is 6.61 Å². The Morgan fingerprint density at radius 2 is 1.95 bits per heavy atom. The number of rotatable bonds is 12. The molecule has 0 radical (unpaired) electrons. The lowest BCUT2D eigenvalue weighted by atomic mass is 10.4. The van der Waals surface area contributed by atoms with E-state index in [1.165, 1.54) is 12.8 Å². The normalized spacial score (nSPS) is 15.5. The smallest absolute Gasteiger partial charge is 0.191 e. The zero-order valence-electron chi connectivity index (χ0n) is 13.9. The van der Waals surface area contributed by atoms with Gasteiger partial charge in [-0.05, 0) is 32.2 Å². The lowest BCUT2D eigenvalue weighted by molar-refractivity contribution is 0.129. The van der Waals surface area contributed by atoms with Crippen LogP contribution in [0.2, 0.25) is 0 Å². The van der Waals surface area contributed by atoms with Gasteiger partial charge in [-0.1, -0.05) is 0 Å². The molecule has 0 amide bonds. The minimum absolute atomic E-state index is 0.744. The van der Waals surface area contributed by atoms with E-state index in [1.807, 2.05) is 0 Å². The summed E-state index contributed by atoms with van der Waals surface area (Å²) in [5, 5.41) is 6.58. The van der Waals surface area contributed by atoms with Gasteiger partial charge in [-0.25, -0.2) is 0 Å². The first kappa shape index (κ1) is 18.2. The molecule has 0 unspecified atom stereocenters. The lowest BCUT2D eigenvalue weighted by Gasteiger charge is -2.18. The predicted octanol–water partition coefficient (Wildman–Crippen LogP) is 0.546. The lowest BCUT2D eigenvalue weighted by Crippen LogP contribution is -2.42. The van der Waals surface area contributed by atoms with Gasteiger partial charge in [0, 0.05) is 53.6 Å². The minimum Gasteiger partial charge on any atom is -0.385 e. The zero-order chi connectivity index (χ0) is 15.3. The fourth-order valence-corrected chi connectivity index (χ4v) is 1.95. The number of nitrogens with one attached hydrogen (secondary N) is 2. The summed E-state index contributed by atoms with van der Waals surface area (Å²) in [5.41, 5.74) is 0. The molecule has 21 heavy (non-hydrogen) atoms. The first-order valence-electron chi connectivity index (χ1n) is 7.96. The number of ether oxygens (including phenoxy) is 2. The summed E-state index contributed by atoms with van der Waals surface area (Å²) in [6, 6.07) is 0. The summed E-state index contributed by atoms with van der Waals surface area (Å²) in [5.74, 6) is 1.67. The van der Waals surface area contributed by atoms with E-state index in [2.05, 4.69) is 27.6 Å². The van der Waals surface area contributed by atoms with Gasteiger partial charge in [-0.2, -0.15) is 0 Å². The van der Waals surface area contributed by atoms with Crippen molar-refractivity contribution in [3.05, 3.63) is 0 Å². The van der Waals surface area contributed by atoms with Crippen LogP contribution >= 0.6 is 0 Å². The molecule has 1 fully saturated rings. The van der Waals surface area contributed by atoms with Crippen LogP contribution in [0.5, 0.6) is 0 Å². The van der Waals surface area contributed by atoms with Crippen LogP contribution in [0.1, 0.15) is 19.3 Å². The van der Waals surface area contributed by atoms with Crippen molar-refractivity contribution in [3.8, 4) is 0 Å². The van der Waals surface area contributed by atoms with E-state index in [1.54, 1.807) is 14.2 Å². The third-order valence-electron chi connectivity index (χ3n) is 3.49. The molecule has 0 spiro atoms. The van der Waals surface area contributed by atoms with Crippen molar-refractivity contribution in [2.45, 2.75) is 19.3 Å². The van der Waals surface area contributed by atoms with Gasteiger partial charge < -0.3 is 25.0 Å². The van der Waals surface area contributed by atoms with Crippen molar-refractivity contribution in [1.29, 1.82) is 0 Å². The summed E-state index contributed by atoms with van der Waals surface area (Å²) in [4.78, 5) is 6.50. The molecule has 0 aromatic rings. The largest absolute Gasteiger partial charge is 0.385 e. The maximum absolute atomic E-state index is 5.58. The van der Waals surface area contributed by atoms with Crippen LogP contribution in [-0.2, 0) is 9.47 Å². The molecule has 2 N–H and O–H groups in total. The van der Waals surface area contributed by atoms with Crippen LogP contribution in [0.3, 0.4) is 0 Å². The summed E-state index contributed by atoms with van der Waals surface area (Å²) in [6.07, 6.45) is 3.75. The quantitative estimate of drug-likeness (QED) is 0.313. The van der Waals surface area contributed by atoms with Crippen LogP contribution in [0.15, 0.2) is 4.99 Å². The molecule has 0 heterocycles. The van der Waals surface area contributed by atoms with Gasteiger partial charge in [0.25, 0.3) is 0 Å². The van der Waals surface area contributed by atoms with Crippen LogP contribution in [0.4, 0.5) is 0 Å². The Hall–Kier alpha value is -0.850. The highest BCUT2D eigenvalue weighted by atomic mass is 16.5. The van der Waals surface area contributed by atoms with E-state index >= 15 is 0 Å². The molecule has 124 valence electrons. The maximum Gasteiger partial charge on any atom is 0.191 e. The molecule has 0 aromatic carbocycles. The monoisotopic (exact) mass is 300 g/mol. The van der Waals surface area contributed by atoms with E-state index in [9.17, 15) is 0 Å².